The highest BCUT2D eigenvalue weighted by Gasteiger charge is 2.43. The number of piperazine rings is 1. The summed E-state index contributed by atoms with van der Waals surface area (Å²) < 4.78 is 19.3. The summed E-state index contributed by atoms with van der Waals surface area (Å²) in [5, 5.41) is 5.93. The van der Waals surface area contributed by atoms with E-state index < -0.39 is 23.2 Å². The molecule has 0 unspecified atom stereocenters. The van der Waals surface area contributed by atoms with Crippen molar-refractivity contribution in [1.82, 2.24) is 25.1 Å². The Kier molecular flexibility index (Phi) is 9.68. The van der Waals surface area contributed by atoms with Gasteiger partial charge in [0, 0.05) is 71.2 Å². The molecule has 0 aliphatic carbocycles. The summed E-state index contributed by atoms with van der Waals surface area (Å²) in [4.78, 5) is 58.8. The van der Waals surface area contributed by atoms with Crippen molar-refractivity contribution in [2.45, 2.75) is 38.3 Å². The van der Waals surface area contributed by atoms with Crippen LogP contribution in [0, 0.1) is 5.82 Å². The number of anilines is 1. The predicted molar refractivity (Wildman–Crippen MR) is 198 cm³/mol. The average molecular weight is 742 g/mol. The number of urea groups is 1. The smallest absolute Gasteiger partial charge is 0.338 e. The van der Waals surface area contributed by atoms with E-state index in [2.05, 4.69) is 20.2 Å². The van der Waals surface area contributed by atoms with Crippen molar-refractivity contribution in [3.05, 3.63) is 111 Å². The number of aliphatic imine (C=N–C) groups is 1. The number of rotatable bonds is 9. The van der Waals surface area contributed by atoms with E-state index in [1.807, 2.05) is 60.5 Å². The lowest BCUT2D eigenvalue weighted by Gasteiger charge is -2.38. The Morgan fingerprint density at radius 1 is 1.06 bits per heavy atom. The van der Waals surface area contributed by atoms with Gasteiger partial charge < -0.3 is 15.0 Å². The third-order valence-corrected chi connectivity index (χ3v) is 11.2. The zero-order chi connectivity index (χ0) is 36.7. The van der Waals surface area contributed by atoms with Crippen molar-refractivity contribution in [3.8, 4) is 11.1 Å². The molecule has 3 aliphatic rings. The highest BCUT2D eigenvalue weighted by atomic mass is 35.5. The van der Waals surface area contributed by atoms with Gasteiger partial charge in [0.15, 0.2) is 10.8 Å². The molecule has 4 aromatic rings. The van der Waals surface area contributed by atoms with Crippen LogP contribution in [0.1, 0.15) is 42.9 Å². The summed E-state index contributed by atoms with van der Waals surface area (Å²) >= 11 is 7.90. The molecule has 268 valence electrons. The Balaban J connectivity index is 1.09. The normalized spacial score (nSPS) is 19.3. The zero-order valence-corrected chi connectivity index (χ0v) is 30.7. The molecule has 2 atom stereocenters. The fraction of sp³-hybridized carbons (Fsp3) is 0.316. The van der Waals surface area contributed by atoms with E-state index in [0.29, 0.717) is 60.6 Å². The Hall–Kier alpha value is -4.98. The lowest BCUT2D eigenvalue weighted by molar-refractivity contribution is -0.136. The number of Topliss-reactive ketones (excluding diaryl/α,β-unsaturated/α-hetero) is 1. The highest BCUT2D eigenvalue weighted by Crippen LogP contribution is 2.37. The largest absolute Gasteiger partial charge is 0.466 e. The summed E-state index contributed by atoms with van der Waals surface area (Å²) in [7, 11) is 1.31. The molecular weight excluding hydrogens is 705 g/mol. The third kappa shape index (κ3) is 6.71. The molecule has 2 saturated heterocycles. The van der Waals surface area contributed by atoms with E-state index in [1.54, 1.807) is 24.2 Å². The lowest BCUT2D eigenvalue weighted by atomic mass is 9.81. The average Bonchev–Trinajstić information content (AvgIpc) is 3.80. The minimum Gasteiger partial charge on any atom is -0.466 e. The molecule has 5 heterocycles. The summed E-state index contributed by atoms with van der Waals surface area (Å²) in [6.07, 6.45) is 3.43. The van der Waals surface area contributed by atoms with Crippen molar-refractivity contribution in [1.29, 1.82) is 0 Å². The first kappa shape index (κ1) is 35.4. The van der Waals surface area contributed by atoms with Gasteiger partial charge in [-0.25, -0.2) is 23.9 Å². The Morgan fingerprint density at radius 2 is 1.83 bits per heavy atom. The van der Waals surface area contributed by atoms with Crippen LogP contribution in [0.3, 0.4) is 0 Å². The van der Waals surface area contributed by atoms with E-state index in [-0.39, 0.29) is 28.5 Å². The first-order valence-corrected chi connectivity index (χ1v) is 18.1. The minimum atomic E-state index is -0.861. The number of pyridine rings is 1. The van der Waals surface area contributed by atoms with Crippen molar-refractivity contribution >= 4 is 52.4 Å². The number of methoxy groups -OCH3 is 1. The Morgan fingerprint density at radius 3 is 2.48 bits per heavy atom. The van der Waals surface area contributed by atoms with Gasteiger partial charge >= 0.3 is 12.0 Å². The molecule has 1 N–H and O–H groups in total. The van der Waals surface area contributed by atoms with E-state index in [4.69, 9.17) is 21.3 Å². The van der Waals surface area contributed by atoms with Gasteiger partial charge in [0.05, 0.1) is 25.3 Å². The predicted octanol–water partition coefficient (Wildman–Crippen LogP) is 6.01. The summed E-state index contributed by atoms with van der Waals surface area (Å²) in [6, 6.07) is 14.7. The zero-order valence-electron chi connectivity index (χ0n) is 29.1. The number of benzene rings is 2. The number of nitrogens with one attached hydrogen (secondary N) is 1. The van der Waals surface area contributed by atoms with Gasteiger partial charge in [-0.15, -0.1) is 11.3 Å². The number of aromatic nitrogens is 2. The van der Waals surface area contributed by atoms with Gasteiger partial charge in [0.2, 0.25) is 0 Å². The molecule has 0 spiro atoms. The maximum Gasteiger partial charge on any atom is 0.338 e. The summed E-state index contributed by atoms with van der Waals surface area (Å²) in [5.41, 5.74) is 3.56. The summed E-state index contributed by atoms with van der Waals surface area (Å²) in [5.74, 6) is 0.0545. The van der Waals surface area contributed by atoms with Crippen LogP contribution in [0.25, 0.3) is 11.1 Å². The number of ether oxygens (including phenoxy) is 1. The van der Waals surface area contributed by atoms with E-state index in [9.17, 15) is 18.8 Å². The molecule has 3 aliphatic heterocycles. The fourth-order valence-corrected chi connectivity index (χ4v) is 7.66. The van der Waals surface area contributed by atoms with E-state index in [1.165, 1.54) is 36.6 Å². The molecule has 7 rings (SSSR count). The van der Waals surface area contributed by atoms with E-state index >= 15 is 0 Å². The molecule has 0 bridgehead atoms. The fourth-order valence-electron chi connectivity index (χ4n) is 6.80. The molecule has 2 amide bonds. The number of hydrogen-bond acceptors (Lipinski definition) is 10. The number of halogens is 2. The molecule has 52 heavy (non-hydrogen) atoms. The second kappa shape index (κ2) is 14.2. The highest BCUT2D eigenvalue weighted by molar-refractivity contribution is 7.11. The number of carbonyl (C=O) groups is 3. The van der Waals surface area contributed by atoms with Crippen LogP contribution in [0.4, 0.5) is 15.0 Å². The second-order valence-corrected chi connectivity index (χ2v) is 14.8. The number of thiazole rings is 1. The maximum absolute atomic E-state index is 14.1. The van der Waals surface area contributed by atoms with Crippen LogP contribution in [-0.4, -0.2) is 89.3 Å². The Bertz CT molecular complexity index is 2090. The van der Waals surface area contributed by atoms with Crippen LogP contribution >= 0.6 is 22.9 Å². The molecule has 14 heteroatoms. The molecular formula is C38H37ClFN7O4S. The minimum absolute atomic E-state index is 0.102. The Labute approximate surface area is 309 Å². The second-order valence-electron chi connectivity index (χ2n) is 13.5. The number of nitrogens with zero attached hydrogens (tertiary/aromatic N) is 6. The van der Waals surface area contributed by atoms with Crippen LogP contribution < -0.4 is 10.2 Å². The van der Waals surface area contributed by atoms with Gasteiger partial charge in [-0.2, -0.15) is 0 Å². The maximum atomic E-state index is 14.1. The topological polar surface area (TPSA) is 120 Å². The van der Waals surface area contributed by atoms with Gasteiger partial charge in [-0.1, -0.05) is 41.9 Å². The number of amides is 2. The number of amidine groups is 1. The monoisotopic (exact) mass is 741 g/mol. The molecule has 2 aromatic heterocycles. The van der Waals surface area contributed by atoms with Crippen LogP contribution in [0.15, 0.2) is 88.6 Å². The van der Waals surface area contributed by atoms with Crippen molar-refractivity contribution in [2.75, 3.05) is 44.7 Å². The van der Waals surface area contributed by atoms with Gasteiger partial charge in [-0.05, 0) is 56.2 Å². The van der Waals surface area contributed by atoms with Gasteiger partial charge in [0.1, 0.15) is 23.5 Å². The standard InChI is InChI=1S/C38H37ClFN7O4S/c1-22(48)38(2,3)25-8-5-23(6-9-25)24-7-12-31(42-18-24)47-20-27-19-45(14-15-46(27)37(47)50)21-30-32(36(49)51-4)33(28-11-10-26(40)17-29(28)39)44-34(43-30)35-41-13-16-52-35/h5-13,16-18,27,33H,14-15,19-21H2,1-4H3,(H,43,44)/t27-,33-/m0/s1. The summed E-state index contributed by atoms with van der Waals surface area (Å²) in [6.45, 7) is 7.82. The quantitative estimate of drug-likeness (QED) is 0.207. The first-order valence-electron chi connectivity index (χ1n) is 16.8. The van der Waals surface area contributed by atoms with Crippen molar-refractivity contribution in [3.63, 3.8) is 0 Å². The van der Waals surface area contributed by atoms with Crippen molar-refractivity contribution < 1.29 is 23.5 Å². The number of hydrogen-bond donors (Lipinski definition) is 1. The van der Waals surface area contributed by atoms with Crippen LogP contribution in [-0.2, 0) is 19.7 Å². The molecule has 2 fully saturated rings. The molecule has 2 aromatic carbocycles. The van der Waals surface area contributed by atoms with Crippen molar-refractivity contribution in [2.24, 2.45) is 4.99 Å². The first-order chi connectivity index (χ1) is 24.9. The molecule has 0 radical (unpaired) electrons. The SMILES string of the molecule is COC(=O)C1=C(CN2CCN3C(=O)N(c4ccc(-c5ccc(C(C)(C)C(C)=O)cc5)cn4)C[C@@H]3C2)NC(c2nccs2)=N[C@H]1c1ccc(F)cc1Cl. The number of fused-ring (bicyclic) bond motifs is 1. The third-order valence-electron chi connectivity index (χ3n) is 10.1. The van der Waals surface area contributed by atoms with E-state index in [0.717, 1.165) is 16.7 Å². The lowest BCUT2D eigenvalue weighted by Crippen LogP contribution is -2.53. The van der Waals surface area contributed by atoms with Gasteiger partial charge in [-0.3, -0.25) is 19.6 Å². The van der Waals surface area contributed by atoms with Crippen LogP contribution in [0.5, 0.6) is 0 Å². The number of ketones is 1. The van der Waals surface area contributed by atoms with Crippen LogP contribution in [0.2, 0.25) is 5.02 Å². The number of esters is 1. The number of carbonyl (C=O) groups excluding carboxylic acids is 3. The molecule has 11 nitrogen and oxygen atoms in total. The van der Waals surface area contributed by atoms with Gasteiger partial charge in [0.25, 0.3) is 0 Å². The molecule has 0 saturated carbocycles.